The number of hydrogen-bond acceptors (Lipinski definition) is 10. The molecule has 3 fully saturated rings. The van der Waals surface area contributed by atoms with Crippen molar-refractivity contribution in [3.05, 3.63) is 105 Å². The summed E-state index contributed by atoms with van der Waals surface area (Å²) in [6.07, 6.45) is 2.90. The summed E-state index contributed by atoms with van der Waals surface area (Å²) < 4.78 is 6.39. The first kappa shape index (κ1) is 51.5. The fourth-order valence-corrected chi connectivity index (χ4v) is 11.9. The molecule has 1 aromatic heterocycles. The number of hydrogen-bond donors (Lipinski definition) is 4. The maximum atomic E-state index is 14.1. The number of unbranched alkanes of at least 4 members (excludes halogenated alkanes) is 1. The molecule has 0 spiro atoms. The minimum Gasteiger partial charge on any atom is -0.489 e. The van der Waals surface area contributed by atoms with Gasteiger partial charge in [0.25, 0.3) is 5.91 Å². The van der Waals surface area contributed by atoms with E-state index in [1.165, 1.54) is 10.5 Å². The molecule has 1 aliphatic carbocycles. The van der Waals surface area contributed by atoms with Crippen molar-refractivity contribution in [1.82, 2.24) is 30.7 Å². The van der Waals surface area contributed by atoms with E-state index < -0.39 is 23.6 Å². The molecule has 4 amide bonds. The first-order valence-electron chi connectivity index (χ1n) is 24.2. The van der Waals surface area contributed by atoms with Gasteiger partial charge in [0.05, 0.1) is 32.8 Å². The molecule has 2 saturated heterocycles. The summed E-state index contributed by atoms with van der Waals surface area (Å²) >= 11 is 7.85. The van der Waals surface area contributed by atoms with Gasteiger partial charge in [-0.05, 0) is 105 Å². The smallest absolute Gasteiger partial charge is 0.251 e. The van der Waals surface area contributed by atoms with Crippen molar-refractivity contribution in [2.24, 2.45) is 16.2 Å². The Bertz CT molecular complexity index is 2510. The molecule has 3 aromatic carbocycles. The second-order valence-electron chi connectivity index (χ2n) is 21.4. The maximum Gasteiger partial charge on any atom is 0.251 e. The highest BCUT2D eigenvalue weighted by Crippen LogP contribution is 2.55. The van der Waals surface area contributed by atoms with Gasteiger partial charge in [-0.3, -0.25) is 19.2 Å². The summed E-state index contributed by atoms with van der Waals surface area (Å²) in [5.74, 6) is -0.0398. The number of halogens is 1. The van der Waals surface area contributed by atoms with Gasteiger partial charge in [-0.1, -0.05) is 96.5 Å². The molecule has 2 aliphatic heterocycles. The Balaban J connectivity index is 0.823. The number of aliphatic hydroxyl groups is 1. The van der Waals surface area contributed by atoms with Gasteiger partial charge >= 0.3 is 0 Å². The van der Waals surface area contributed by atoms with E-state index in [0.29, 0.717) is 34.2 Å². The molecule has 15 heteroatoms. The lowest BCUT2D eigenvalue weighted by Gasteiger charge is -2.63. The molecular formula is C54H68ClN7O6S. The van der Waals surface area contributed by atoms with Crippen LogP contribution in [-0.2, 0) is 20.9 Å². The molecular weight excluding hydrogens is 910 g/mol. The second-order valence-corrected chi connectivity index (χ2v) is 22.7. The lowest BCUT2D eigenvalue weighted by molar-refractivity contribution is -0.164. The molecule has 13 nitrogen and oxygen atoms in total. The minimum atomic E-state index is -0.867. The SMILES string of the molecule is Cc1ncsc1-c1ccc(CNC(=O)[C@@H]2C[C@@H](O)CN2C(=O)[C@@H](NC(=O)CCCCN2CCC(c3ccc(C(=O)NC4C(C)(C)C(Oc5ccc(C#N)c(Cl)c5)C4(C)C)cc3)CC2)C(C)(C)C)cc1. The molecule has 4 N–H and O–H groups in total. The molecule has 0 bridgehead atoms. The quantitative estimate of drug-likeness (QED) is 0.0803. The maximum absolute atomic E-state index is 14.1. The Morgan fingerprint density at radius 2 is 1.67 bits per heavy atom. The second kappa shape index (κ2) is 21.3. The van der Waals surface area contributed by atoms with E-state index in [1.807, 2.05) is 69.6 Å². The third-order valence-electron chi connectivity index (χ3n) is 14.5. The first-order chi connectivity index (χ1) is 32.7. The van der Waals surface area contributed by atoms with Crippen molar-refractivity contribution in [3.8, 4) is 22.3 Å². The predicted octanol–water partition coefficient (Wildman–Crippen LogP) is 8.41. The van der Waals surface area contributed by atoms with Crippen LogP contribution in [-0.4, -0.2) is 100 Å². The fourth-order valence-electron chi connectivity index (χ4n) is 10.8. The molecule has 368 valence electrons. The number of nitrogens with zero attached hydrogens (tertiary/aromatic N) is 4. The highest BCUT2D eigenvalue weighted by atomic mass is 35.5. The molecule has 3 heterocycles. The number of nitriles is 1. The largest absolute Gasteiger partial charge is 0.489 e. The van der Waals surface area contributed by atoms with Crippen LogP contribution in [0.4, 0.5) is 0 Å². The number of benzene rings is 3. The Kier molecular flexibility index (Phi) is 15.9. The van der Waals surface area contributed by atoms with Gasteiger partial charge in [0, 0.05) is 54.4 Å². The number of ether oxygens (including phenoxy) is 1. The molecule has 0 unspecified atom stereocenters. The van der Waals surface area contributed by atoms with Crippen molar-refractivity contribution < 1.29 is 29.0 Å². The van der Waals surface area contributed by atoms with E-state index >= 15 is 0 Å². The van der Waals surface area contributed by atoms with Crippen molar-refractivity contribution in [2.45, 2.75) is 137 Å². The van der Waals surface area contributed by atoms with Crippen LogP contribution in [0.1, 0.15) is 126 Å². The Labute approximate surface area is 416 Å². The van der Waals surface area contributed by atoms with Crippen molar-refractivity contribution in [1.29, 1.82) is 5.26 Å². The molecule has 1 saturated carbocycles. The lowest BCUT2D eigenvalue weighted by atomic mass is 9.49. The van der Waals surface area contributed by atoms with E-state index in [2.05, 4.69) is 71.7 Å². The Hall–Kier alpha value is -5.33. The highest BCUT2D eigenvalue weighted by Gasteiger charge is 2.64. The summed E-state index contributed by atoms with van der Waals surface area (Å²) in [7, 11) is 0. The van der Waals surface area contributed by atoms with Gasteiger partial charge in [0.15, 0.2) is 0 Å². The first-order valence-corrected chi connectivity index (χ1v) is 25.5. The molecule has 3 aliphatic rings. The van der Waals surface area contributed by atoms with Gasteiger partial charge in [-0.25, -0.2) is 4.98 Å². The number of nitrogens with one attached hydrogen (secondary N) is 3. The van der Waals surface area contributed by atoms with Crippen molar-refractivity contribution in [3.63, 3.8) is 0 Å². The van der Waals surface area contributed by atoms with Crippen LogP contribution < -0.4 is 20.7 Å². The average molecular weight is 979 g/mol. The topological polar surface area (TPSA) is 177 Å². The van der Waals surface area contributed by atoms with E-state index in [1.54, 1.807) is 29.5 Å². The lowest BCUT2D eigenvalue weighted by Crippen LogP contribution is -2.74. The van der Waals surface area contributed by atoms with Gasteiger partial charge < -0.3 is 35.6 Å². The van der Waals surface area contributed by atoms with Crippen LogP contribution >= 0.6 is 22.9 Å². The van der Waals surface area contributed by atoms with E-state index in [-0.39, 0.29) is 72.5 Å². The van der Waals surface area contributed by atoms with Crippen LogP contribution in [0.2, 0.25) is 5.02 Å². The summed E-state index contributed by atoms with van der Waals surface area (Å²) in [5.41, 5.74) is 5.65. The fraction of sp³-hybridized carbons (Fsp3) is 0.519. The number of aromatic nitrogens is 1. The Morgan fingerprint density at radius 1 is 0.986 bits per heavy atom. The van der Waals surface area contributed by atoms with Crippen LogP contribution in [0.15, 0.2) is 72.2 Å². The highest BCUT2D eigenvalue weighted by molar-refractivity contribution is 7.13. The van der Waals surface area contributed by atoms with Gasteiger partial charge in [0.2, 0.25) is 17.7 Å². The van der Waals surface area contributed by atoms with Gasteiger partial charge in [0.1, 0.15) is 30.0 Å². The number of amides is 4. The summed E-state index contributed by atoms with van der Waals surface area (Å²) in [6.45, 7) is 19.1. The zero-order valence-electron chi connectivity index (χ0n) is 41.2. The average Bonchev–Trinajstić information content (AvgIpc) is 3.94. The monoisotopic (exact) mass is 977 g/mol. The number of aliphatic hydroxyl groups excluding tert-OH is 1. The van der Waals surface area contributed by atoms with Crippen LogP contribution in [0, 0.1) is 34.5 Å². The third kappa shape index (κ3) is 11.8. The predicted molar refractivity (Wildman–Crippen MR) is 270 cm³/mol. The third-order valence-corrected chi connectivity index (χ3v) is 15.8. The van der Waals surface area contributed by atoms with Gasteiger partial charge in [-0.2, -0.15) is 5.26 Å². The normalized spacial score (nSPS) is 21.7. The Morgan fingerprint density at radius 3 is 2.28 bits per heavy atom. The number of aryl methyl sites for hydroxylation is 1. The number of thiazole rings is 1. The van der Waals surface area contributed by atoms with Gasteiger partial charge in [-0.15, -0.1) is 11.3 Å². The zero-order valence-corrected chi connectivity index (χ0v) is 42.8. The zero-order chi connectivity index (χ0) is 49.8. The van der Waals surface area contributed by atoms with E-state index in [0.717, 1.165) is 60.6 Å². The number of carbonyl (C=O) groups is 4. The number of rotatable bonds is 16. The molecule has 0 radical (unpaired) electrons. The molecule has 3 atom stereocenters. The summed E-state index contributed by atoms with van der Waals surface area (Å²) in [4.78, 5) is 63.8. The summed E-state index contributed by atoms with van der Waals surface area (Å²) in [6, 6.07) is 21.2. The number of likely N-dealkylation sites (tertiary alicyclic amines) is 2. The van der Waals surface area contributed by atoms with Crippen LogP contribution in [0.5, 0.6) is 5.75 Å². The van der Waals surface area contributed by atoms with E-state index in [4.69, 9.17) is 16.3 Å². The van der Waals surface area contributed by atoms with Crippen LogP contribution in [0.3, 0.4) is 0 Å². The standard InChI is InChI=1S/C54H68ClN7O6S/c1-33-45(69-32-58-33)37-14-12-34(13-15-37)30-57-48(66)43-27-40(63)31-62(43)49(67)46(52(2,3)4)59-44(64)11-9-10-24-61-25-22-36(23-26-61)35-16-18-38(19-17-35)47(65)60-50-53(5,6)51(54(50,7)8)68-41-21-20-39(29-56)42(55)28-41/h12-21,28,32,36,40,43,46,50-51,63H,9-11,22-27,30-31H2,1-8H3,(H,57,66)(H,59,64)(H,60,65)/t40-,43+,46-,50?,51?/m1/s1. The molecule has 7 rings (SSSR count). The van der Waals surface area contributed by atoms with Crippen molar-refractivity contribution >= 4 is 46.6 Å². The minimum absolute atomic E-state index is 0.0252. The van der Waals surface area contributed by atoms with Crippen molar-refractivity contribution in [2.75, 3.05) is 26.2 Å². The number of piperidine rings is 1. The molecule has 4 aromatic rings. The number of carbonyl (C=O) groups excluding carboxylic acids is 4. The van der Waals surface area contributed by atoms with Crippen LogP contribution in [0.25, 0.3) is 10.4 Å². The number of β-amino-alcohol motifs (C(OH)–C–C–N with tert-alkyl or cyclic N) is 1. The van der Waals surface area contributed by atoms with E-state index in [9.17, 15) is 29.5 Å². The summed E-state index contributed by atoms with van der Waals surface area (Å²) in [5, 5.41) is 29.5. The molecule has 69 heavy (non-hydrogen) atoms.